The molecular formula is C8H6Cl2N2. The topological polar surface area (TPSA) is 28.7 Å². The van der Waals surface area contributed by atoms with Crippen LogP contribution in [0.3, 0.4) is 0 Å². The van der Waals surface area contributed by atoms with Crippen LogP contribution in [0, 0.1) is 6.92 Å². The molecule has 0 aliphatic rings. The Bertz CT molecular complexity index is 434. The molecule has 2 aromatic rings. The molecule has 0 unspecified atom stereocenters. The molecule has 0 aliphatic carbocycles. The maximum atomic E-state index is 5.93. The van der Waals surface area contributed by atoms with E-state index in [-0.39, 0.29) is 0 Å². The Labute approximate surface area is 79.5 Å². The molecule has 0 bridgehead atoms. The summed E-state index contributed by atoms with van der Waals surface area (Å²) in [5, 5.41) is 8.66. The molecule has 1 aromatic heterocycles. The van der Waals surface area contributed by atoms with Gasteiger partial charge in [0, 0.05) is 0 Å². The van der Waals surface area contributed by atoms with E-state index in [4.69, 9.17) is 23.2 Å². The normalized spacial score (nSPS) is 10.9. The van der Waals surface area contributed by atoms with Crippen LogP contribution in [-0.4, -0.2) is 10.2 Å². The Morgan fingerprint density at radius 3 is 2.75 bits per heavy atom. The van der Waals surface area contributed by atoms with Gasteiger partial charge in [-0.3, -0.25) is 5.10 Å². The average molecular weight is 201 g/mol. The minimum atomic E-state index is 0.499. The SMILES string of the molecule is Cc1ccc(Cl)c2c(Cl)[nH]nc12. The Kier molecular flexibility index (Phi) is 1.74. The number of fused-ring (bicyclic) bond motifs is 1. The van der Waals surface area contributed by atoms with E-state index in [0.717, 1.165) is 16.5 Å². The van der Waals surface area contributed by atoms with Crippen molar-refractivity contribution in [1.29, 1.82) is 0 Å². The fraction of sp³-hybridized carbons (Fsp3) is 0.125. The third kappa shape index (κ3) is 0.993. The summed E-state index contributed by atoms with van der Waals surface area (Å²) >= 11 is 11.8. The van der Waals surface area contributed by atoms with Crippen LogP contribution in [0.2, 0.25) is 10.2 Å². The second-order valence-corrected chi connectivity index (χ2v) is 3.41. The van der Waals surface area contributed by atoms with Crippen molar-refractivity contribution in [2.45, 2.75) is 6.92 Å². The summed E-state index contributed by atoms with van der Waals surface area (Å²) in [5.41, 5.74) is 1.91. The second kappa shape index (κ2) is 2.64. The molecule has 0 spiro atoms. The molecule has 4 heteroatoms. The third-order valence-electron chi connectivity index (χ3n) is 1.81. The molecule has 0 fully saturated rings. The van der Waals surface area contributed by atoms with E-state index in [9.17, 15) is 0 Å². The van der Waals surface area contributed by atoms with Crippen molar-refractivity contribution >= 4 is 34.1 Å². The molecular weight excluding hydrogens is 195 g/mol. The van der Waals surface area contributed by atoms with Gasteiger partial charge in [0.2, 0.25) is 0 Å². The number of aromatic nitrogens is 2. The summed E-state index contributed by atoms with van der Waals surface area (Å²) in [4.78, 5) is 0. The number of nitrogens with one attached hydrogen (secondary N) is 1. The number of H-pyrrole nitrogens is 1. The number of hydrogen-bond acceptors (Lipinski definition) is 1. The number of aromatic amines is 1. The first-order chi connectivity index (χ1) is 5.70. The fourth-order valence-electron chi connectivity index (χ4n) is 1.18. The monoisotopic (exact) mass is 200 g/mol. The summed E-state index contributed by atoms with van der Waals surface area (Å²) < 4.78 is 0. The Balaban J connectivity index is 2.98. The zero-order valence-electron chi connectivity index (χ0n) is 6.36. The first-order valence-corrected chi connectivity index (χ1v) is 4.24. The van der Waals surface area contributed by atoms with Gasteiger partial charge in [-0.1, -0.05) is 29.3 Å². The van der Waals surface area contributed by atoms with E-state index in [1.807, 2.05) is 19.1 Å². The highest BCUT2D eigenvalue weighted by Crippen LogP contribution is 2.29. The fourth-order valence-corrected chi connectivity index (χ4v) is 1.71. The molecule has 2 nitrogen and oxygen atoms in total. The molecule has 0 saturated heterocycles. The van der Waals surface area contributed by atoms with Gasteiger partial charge in [-0.05, 0) is 18.6 Å². The van der Waals surface area contributed by atoms with Crippen LogP contribution < -0.4 is 0 Å². The minimum absolute atomic E-state index is 0.499. The van der Waals surface area contributed by atoms with Crippen LogP contribution in [0.1, 0.15) is 5.56 Å². The third-order valence-corrected chi connectivity index (χ3v) is 2.40. The standard InChI is InChI=1S/C8H6Cl2N2/c1-4-2-3-5(9)6-7(4)11-12-8(6)10/h2-3H,1H3,(H,11,12). The lowest BCUT2D eigenvalue weighted by molar-refractivity contribution is 1.11. The summed E-state index contributed by atoms with van der Waals surface area (Å²) in [7, 11) is 0. The largest absolute Gasteiger partial charge is 0.266 e. The number of rotatable bonds is 0. The van der Waals surface area contributed by atoms with Crippen LogP contribution >= 0.6 is 23.2 Å². The lowest BCUT2D eigenvalue weighted by Gasteiger charge is -1.95. The molecule has 0 saturated carbocycles. The van der Waals surface area contributed by atoms with Gasteiger partial charge < -0.3 is 0 Å². The summed E-state index contributed by atoms with van der Waals surface area (Å²) in [6, 6.07) is 3.74. The van der Waals surface area contributed by atoms with Crippen LogP contribution in [0.4, 0.5) is 0 Å². The lowest BCUT2D eigenvalue weighted by Crippen LogP contribution is -1.76. The van der Waals surface area contributed by atoms with Gasteiger partial charge in [0.25, 0.3) is 0 Å². The van der Waals surface area contributed by atoms with Crippen molar-refractivity contribution in [2.24, 2.45) is 0 Å². The number of nitrogens with zero attached hydrogens (tertiary/aromatic N) is 1. The molecule has 1 aromatic carbocycles. The summed E-state index contributed by atoms with van der Waals surface area (Å²) in [5.74, 6) is 0. The van der Waals surface area contributed by atoms with Gasteiger partial charge in [-0.25, -0.2) is 0 Å². The van der Waals surface area contributed by atoms with E-state index in [1.54, 1.807) is 0 Å². The van der Waals surface area contributed by atoms with Gasteiger partial charge in [0.05, 0.1) is 15.9 Å². The molecule has 0 aliphatic heterocycles. The maximum Gasteiger partial charge on any atom is 0.133 e. The molecule has 2 rings (SSSR count). The Hall–Kier alpha value is -0.730. The van der Waals surface area contributed by atoms with E-state index in [1.165, 1.54) is 0 Å². The second-order valence-electron chi connectivity index (χ2n) is 2.63. The van der Waals surface area contributed by atoms with Gasteiger partial charge in [0.1, 0.15) is 5.15 Å². The van der Waals surface area contributed by atoms with Crippen LogP contribution in [-0.2, 0) is 0 Å². The summed E-state index contributed by atoms with van der Waals surface area (Å²) in [6.07, 6.45) is 0. The van der Waals surface area contributed by atoms with Crippen LogP contribution in [0.5, 0.6) is 0 Å². The van der Waals surface area contributed by atoms with Crippen molar-refractivity contribution < 1.29 is 0 Å². The number of aryl methyl sites for hydroxylation is 1. The van der Waals surface area contributed by atoms with Crippen molar-refractivity contribution in [2.75, 3.05) is 0 Å². The van der Waals surface area contributed by atoms with Crippen molar-refractivity contribution in [3.05, 3.63) is 27.9 Å². The number of benzene rings is 1. The average Bonchev–Trinajstić information content (AvgIpc) is 2.42. The highest BCUT2D eigenvalue weighted by atomic mass is 35.5. The molecule has 12 heavy (non-hydrogen) atoms. The Morgan fingerprint density at radius 1 is 1.33 bits per heavy atom. The molecule has 1 N–H and O–H groups in total. The van der Waals surface area contributed by atoms with Crippen LogP contribution in [0.25, 0.3) is 10.9 Å². The maximum absolute atomic E-state index is 5.93. The quantitative estimate of drug-likeness (QED) is 0.696. The van der Waals surface area contributed by atoms with Gasteiger partial charge in [-0.15, -0.1) is 0 Å². The summed E-state index contributed by atoms with van der Waals surface area (Å²) in [6.45, 7) is 1.97. The highest BCUT2D eigenvalue weighted by molar-refractivity contribution is 6.41. The van der Waals surface area contributed by atoms with Crippen molar-refractivity contribution in [3.8, 4) is 0 Å². The van der Waals surface area contributed by atoms with E-state index >= 15 is 0 Å². The molecule has 62 valence electrons. The smallest absolute Gasteiger partial charge is 0.133 e. The molecule has 0 radical (unpaired) electrons. The van der Waals surface area contributed by atoms with Crippen LogP contribution in [0.15, 0.2) is 12.1 Å². The van der Waals surface area contributed by atoms with E-state index in [0.29, 0.717) is 10.2 Å². The van der Waals surface area contributed by atoms with E-state index in [2.05, 4.69) is 10.2 Å². The minimum Gasteiger partial charge on any atom is -0.266 e. The van der Waals surface area contributed by atoms with Gasteiger partial charge in [-0.2, -0.15) is 5.10 Å². The van der Waals surface area contributed by atoms with Crippen molar-refractivity contribution in [3.63, 3.8) is 0 Å². The zero-order chi connectivity index (χ0) is 8.72. The predicted molar refractivity (Wildman–Crippen MR) is 50.9 cm³/mol. The predicted octanol–water partition coefficient (Wildman–Crippen LogP) is 3.18. The van der Waals surface area contributed by atoms with Gasteiger partial charge >= 0.3 is 0 Å². The highest BCUT2D eigenvalue weighted by Gasteiger charge is 2.08. The zero-order valence-corrected chi connectivity index (χ0v) is 7.87. The van der Waals surface area contributed by atoms with Crippen molar-refractivity contribution in [1.82, 2.24) is 10.2 Å². The number of halogens is 2. The lowest BCUT2D eigenvalue weighted by atomic mass is 10.2. The first kappa shape index (κ1) is 7.90. The number of hydrogen-bond donors (Lipinski definition) is 1. The van der Waals surface area contributed by atoms with Gasteiger partial charge in [0.15, 0.2) is 0 Å². The Morgan fingerprint density at radius 2 is 2.08 bits per heavy atom. The first-order valence-electron chi connectivity index (χ1n) is 3.49. The molecule has 0 amide bonds. The van der Waals surface area contributed by atoms with E-state index < -0.39 is 0 Å². The molecule has 1 heterocycles. The molecule has 0 atom stereocenters.